The van der Waals surface area contributed by atoms with Crippen molar-refractivity contribution in [2.24, 2.45) is 0 Å². The predicted octanol–water partition coefficient (Wildman–Crippen LogP) is 4.98. The Hall–Kier alpha value is -3.93. The van der Waals surface area contributed by atoms with Crippen LogP contribution in [0.15, 0.2) is 71.6 Å². The van der Waals surface area contributed by atoms with Gasteiger partial charge in [0, 0.05) is 17.8 Å². The van der Waals surface area contributed by atoms with E-state index in [4.69, 9.17) is 0 Å². The van der Waals surface area contributed by atoms with Crippen LogP contribution >= 0.6 is 0 Å². The number of sulfonamides is 1. The average molecular weight is 479 g/mol. The number of non-ortho nitro benzene ring substituents is 1. The summed E-state index contributed by atoms with van der Waals surface area (Å²) in [5.41, 5.74) is -1.84. The van der Waals surface area contributed by atoms with E-state index in [1.807, 2.05) is 0 Å². The van der Waals surface area contributed by atoms with Crippen molar-refractivity contribution >= 4 is 33.0 Å². The number of benzene rings is 3. The van der Waals surface area contributed by atoms with Gasteiger partial charge in [-0.05, 0) is 42.8 Å². The van der Waals surface area contributed by atoms with Crippen molar-refractivity contribution in [2.75, 3.05) is 10.0 Å². The molecule has 0 spiro atoms. The van der Waals surface area contributed by atoms with Crippen LogP contribution in [0, 0.1) is 17.0 Å². The maximum absolute atomic E-state index is 13.1. The Bertz CT molecular complexity index is 1340. The van der Waals surface area contributed by atoms with Crippen LogP contribution in [-0.2, 0) is 16.2 Å². The maximum atomic E-state index is 13.1. The SMILES string of the molecule is Cc1ccc(NC(=O)c2ccccc2NS(=O)(=O)c2cccc([N+](=O)[O-])c2)cc1C(F)(F)F. The number of alkyl halides is 3. The van der Waals surface area contributed by atoms with Crippen molar-refractivity contribution in [3.8, 4) is 0 Å². The average Bonchev–Trinajstić information content (AvgIpc) is 2.74. The number of nitrogens with one attached hydrogen (secondary N) is 2. The first kappa shape index (κ1) is 23.7. The molecule has 0 fully saturated rings. The normalized spacial score (nSPS) is 11.6. The number of carbonyl (C=O) groups is 1. The molecule has 0 unspecified atom stereocenters. The van der Waals surface area contributed by atoms with E-state index in [1.165, 1.54) is 49.4 Å². The fourth-order valence-corrected chi connectivity index (χ4v) is 4.06. The zero-order valence-corrected chi connectivity index (χ0v) is 17.7. The van der Waals surface area contributed by atoms with Gasteiger partial charge in [0.2, 0.25) is 0 Å². The Morgan fingerprint density at radius 2 is 1.70 bits per heavy atom. The summed E-state index contributed by atoms with van der Waals surface area (Å²) >= 11 is 0. The van der Waals surface area contributed by atoms with E-state index in [2.05, 4.69) is 10.0 Å². The highest BCUT2D eigenvalue weighted by Gasteiger charge is 2.32. The zero-order chi connectivity index (χ0) is 24.4. The molecular weight excluding hydrogens is 463 g/mol. The summed E-state index contributed by atoms with van der Waals surface area (Å²) < 4.78 is 67.1. The molecule has 0 saturated heterocycles. The van der Waals surface area contributed by atoms with Crippen molar-refractivity contribution in [1.82, 2.24) is 0 Å². The minimum atomic E-state index is -4.61. The minimum Gasteiger partial charge on any atom is -0.322 e. The Balaban J connectivity index is 1.90. The molecule has 0 heterocycles. The van der Waals surface area contributed by atoms with E-state index < -0.39 is 43.2 Å². The van der Waals surface area contributed by atoms with Gasteiger partial charge in [0.25, 0.3) is 21.6 Å². The lowest BCUT2D eigenvalue weighted by atomic mass is 10.1. The molecular formula is C21H16F3N3O5S. The van der Waals surface area contributed by atoms with Crippen molar-refractivity contribution in [1.29, 1.82) is 0 Å². The lowest BCUT2D eigenvalue weighted by molar-refractivity contribution is -0.385. The lowest BCUT2D eigenvalue weighted by Crippen LogP contribution is -2.19. The fraction of sp³-hybridized carbons (Fsp3) is 0.0952. The zero-order valence-electron chi connectivity index (χ0n) is 16.9. The largest absolute Gasteiger partial charge is 0.416 e. The first-order chi connectivity index (χ1) is 15.4. The first-order valence-corrected chi connectivity index (χ1v) is 10.7. The van der Waals surface area contributed by atoms with Crippen molar-refractivity contribution in [3.63, 3.8) is 0 Å². The van der Waals surface area contributed by atoms with Gasteiger partial charge >= 0.3 is 6.18 Å². The molecule has 0 bridgehead atoms. The van der Waals surface area contributed by atoms with Gasteiger partial charge in [0.15, 0.2) is 0 Å². The molecule has 0 radical (unpaired) electrons. The highest BCUT2D eigenvalue weighted by Crippen LogP contribution is 2.33. The van der Waals surface area contributed by atoms with Crippen LogP contribution in [0.4, 0.5) is 30.2 Å². The van der Waals surface area contributed by atoms with Crippen molar-refractivity contribution in [2.45, 2.75) is 18.0 Å². The molecule has 0 aromatic heterocycles. The van der Waals surface area contributed by atoms with E-state index in [0.717, 1.165) is 24.3 Å². The molecule has 0 atom stereocenters. The number of carbonyl (C=O) groups excluding carboxylic acids is 1. The molecule has 0 aliphatic rings. The van der Waals surface area contributed by atoms with Crippen LogP contribution < -0.4 is 10.0 Å². The predicted molar refractivity (Wildman–Crippen MR) is 114 cm³/mol. The number of nitro benzene ring substituents is 1. The van der Waals surface area contributed by atoms with Gasteiger partial charge in [-0.1, -0.05) is 24.3 Å². The molecule has 0 saturated carbocycles. The summed E-state index contributed by atoms with van der Waals surface area (Å²) in [6.45, 7) is 1.28. The van der Waals surface area contributed by atoms with Crippen molar-refractivity contribution < 1.29 is 31.3 Å². The number of para-hydroxylation sites is 1. The molecule has 8 nitrogen and oxygen atoms in total. The van der Waals surface area contributed by atoms with E-state index in [9.17, 15) is 36.5 Å². The second-order valence-electron chi connectivity index (χ2n) is 6.89. The number of nitrogens with zero attached hydrogens (tertiary/aromatic N) is 1. The van der Waals surface area contributed by atoms with Gasteiger partial charge in [0.05, 0.1) is 26.6 Å². The van der Waals surface area contributed by atoms with E-state index in [0.29, 0.717) is 0 Å². The number of hydrogen-bond donors (Lipinski definition) is 2. The Labute approximate surface area is 186 Å². The lowest BCUT2D eigenvalue weighted by Gasteiger charge is -2.15. The third-order valence-corrected chi connectivity index (χ3v) is 5.92. The third-order valence-electron chi connectivity index (χ3n) is 4.56. The molecule has 3 rings (SSSR count). The Morgan fingerprint density at radius 1 is 1.00 bits per heavy atom. The molecule has 33 heavy (non-hydrogen) atoms. The second kappa shape index (κ2) is 8.90. The van der Waals surface area contributed by atoms with Crippen LogP contribution in [0.1, 0.15) is 21.5 Å². The number of hydrogen-bond acceptors (Lipinski definition) is 5. The van der Waals surface area contributed by atoms with Gasteiger partial charge in [-0.3, -0.25) is 19.6 Å². The topological polar surface area (TPSA) is 118 Å². The highest BCUT2D eigenvalue weighted by atomic mass is 32.2. The van der Waals surface area contributed by atoms with Gasteiger partial charge in [-0.15, -0.1) is 0 Å². The Morgan fingerprint density at radius 3 is 2.36 bits per heavy atom. The van der Waals surface area contributed by atoms with Crippen LogP contribution in [0.3, 0.4) is 0 Å². The van der Waals surface area contributed by atoms with Crippen LogP contribution in [0.2, 0.25) is 0 Å². The van der Waals surface area contributed by atoms with E-state index >= 15 is 0 Å². The van der Waals surface area contributed by atoms with E-state index in [-0.39, 0.29) is 22.5 Å². The van der Waals surface area contributed by atoms with Crippen LogP contribution in [-0.4, -0.2) is 19.2 Å². The maximum Gasteiger partial charge on any atom is 0.416 e. The van der Waals surface area contributed by atoms with Gasteiger partial charge < -0.3 is 5.32 Å². The second-order valence-corrected chi connectivity index (χ2v) is 8.57. The van der Waals surface area contributed by atoms with Gasteiger partial charge in [-0.2, -0.15) is 13.2 Å². The molecule has 0 aliphatic carbocycles. The summed E-state index contributed by atoms with van der Waals surface area (Å²) in [7, 11) is -4.31. The number of anilines is 2. The summed E-state index contributed by atoms with van der Waals surface area (Å²) in [6, 6.07) is 13.0. The van der Waals surface area contributed by atoms with Crippen LogP contribution in [0.5, 0.6) is 0 Å². The molecule has 3 aromatic rings. The summed E-state index contributed by atoms with van der Waals surface area (Å²) in [5.74, 6) is -0.857. The van der Waals surface area contributed by atoms with Crippen molar-refractivity contribution in [3.05, 3.63) is 93.5 Å². The number of nitro groups is 1. The monoisotopic (exact) mass is 479 g/mol. The van der Waals surface area contributed by atoms with Crippen LogP contribution in [0.25, 0.3) is 0 Å². The Kier molecular flexibility index (Phi) is 6.40. The molecule has 1 amide bonds. The number of rotatable bonds is 6. The molecule has 12 heteroatoms. The standard InChI is InChI=1S/C21H16F3N3O5S/c1-13-9-10-14(11-18(13)21(22,23)24)25-20(28)17-7-2-3-8-19(17)26-33(31,32)16-6-4-5-15(12-16)27(29)30/h2-12,26H,1H3,(H,25,28). The quantitative estimate of drug-likeness (QED) is 0.382. The minimum absolute atomic E-state index is 0.0226. The summed E-state index contributed by atoms with van der Waals surface area (Å²) in [5, 5.41) is 13.3. The first-order valence-electron chi connectivity index (χ1n) is 9.24. The van der Waals surface area contributed by atoms with E-state index in [1.54, 1.807) is 0 Å². The summed E-state index contributed by atoms with van der Waals surface area (Å²) in [4.78, 5) is 22.5. The van der Waals surface area contributed by atoms with Gasteiger partial charge in [-0.25, -0.2) is 8.42 Å². The number of halogens is 3. The molecule has 172 valence electrons. The van der Waals surface area contributed by atoms with Gasteiger partial charge in [0.1, 0.15) is 0 Å². The summed E-state index contributed by atoms with van der Waals surface area (Å²) in [6.07, 6.45) is -4.61. The fourth-order valence-electron chi connectivity index (χ4n) is 2.94. The molecule has 3 aromatic carbocycles. The number of amides is 1. The smallest absolute Gasteiger partial charge is 0.322 e. The number of aryl methyl sites for hydroxylation is 1. The molecule has 0 aliphatic heterocycles. The highest BCUT2D eigenvalue weighted by molar-refractivity contribution is 7.92. The molecule has 2 N–H and O–H groups in total. The third kappa shape index (κ3) is 5.47.